The smallest absolute Gasteiger partial charge is 0.255 e. The van der Waals surface area contributed by atoms with Crippen molar-refractivity contribution in [1.82, 2.24) is 25.0 Å². The predicted molar refractivity (Wildman–Crippen MR) is 129 cm³/mol. The molecule has 1 saturated heterocycles. The van der Waals surface area contributed by atoms with Gasteiger partial charge in [-0.05, 0) is 46.8 Å². The van der Waals surface area contributed by atoms with Gasteiger partial charge in [0.1, 0.15) is 0 Å². The lowest BCUT2D eigenvalue weighted by Gasteiger charge is -2.34. The lowest BCUT2D eigenvalue weighted by molar-refractivity contribution is 0.0658. The number of hydrogen-bond acceptors (Lipinski definition) is 5. The summed E-state index contributed by atoms with van der Waals surface area (Å²) in [6.07, 6.45) is 1.79. The Morgan fingerprint density at radius 3 is 2.60 bits per heavy atom. The highest BCUT2D eigenvalue weighted by Crippen LogP contribution is 2.33. The van der Waals surface area contributed by atoms with E-state index in [-0.39, 0.29) is 42.8 Å². The molecule has 4 heterocycles. The van der Waals surface area contributed by atoms with Crippen LogP contribution in [-0.4, -0.2) is 51.2 Å². The van der Waals surface area contributed by atoms with Crippen molar-refractivity contribution in [3.05, 3.63) is 33.6 Å². The van der Waals surface area contributed by atoms with Crippen molar-refractivity contribution in [1.29, 1.82) is 0 Å². The van der Waals surface area contributed by atoms with Gasteiger partial charge in [-0.25, -0.2) is 9.67 Å². The largest absolute Gasteiger partial charge is 0.333 e. The number of pyridine rings is 1. The van der Waals surface area contributed by atoms with Gasteiger partial charge in [0.25, 0.3) is 5.91 Å². The molecule has 3 aromatic rings. The fraction of sp³-hybridized carbons (Fsp3) is 0.476. The summed E-state index contributed by atoms with van der Waals surface area (Å²) >= 11 is 1.76. The zero-order valence-electron chi connectivity index (χ0n) is 17.9. The second-order valence-corrected chi connectivity index (χ2v) is 9.31. The predicted octanol–water partition coefficient (Wildman–Crippen LogP) is 4.64. The molecule has 0 spiro atoms. The minimum Gasteiger partial charge on any atom is -0.333 e. The molecule has 1 aliphatic heterocycles. The van der Waals surface area contributed by atoms with Gasteiger partial charge in [-0.2, -0.15) is 5.10 Å². The number of aryl methyl sites for hydroxylation is 2. The van der Waals surface area contributed by atoms with Gasteiger partial charge < -0.3 is 10.2 Å². The second kappa shape index (κ2) is 9.64. The van der Waals surface area contributed by atoms with Crippen LogP contribution in [-0.2, 0) is 0 Å². The van der Waals surface area contributed by atoms with E-state index in [0.717, 1.165) is 35.4 Å². The summed E-state index contributed by atoms with van der Waals surface area (Å²) in [5.74, 6) is 0.0653. The quantitative estimate of drug-likeness (QED) is 0.606. The number of halogens is 2. The van der Waals surface area contributed by atoms with Crippen LogP contribution in [0.3, 0.4) is 0 Å². The number of piperazine rings is 1. The molecule has 0 unspecified atom stereocenters. The minimum absolute atomic E-state index is 0. The van der Waals surface area contributed by atoms with E-state index < -0.39 is 0 Å². The van der Waals surface area contributed by atoms with Crippen LogP contribution in [0.1, 0.15) is 46.9 Å². The average molecular weight is 470 g/mol. The Labute approximate surface area is 193 Å². The van der Waals surface area contributed by atoms with E-state index in [1.165, 1.54) is 9.75 Å². The van der Waals surface area contributed by atoms with Crippen LogP contribution in [0.2, 0.25) is 0 Å². The summed E-state index contributed by atoms with van der Waals surface area (Å²) in [5, 5.41) is 8.72. The molecule has 0 radical (unpaired) electrons. The molecule has 1 fully saturated rings. The first kappa shape index (κ1) is 24.6. The number of amides is 1. The van der Waals surface area contributed by atoms with Crippen molar-refractivity contribution >= 4 is 53.1 Å². The van der Waals surface area contributed by atoms with Crippen molar-refractivity contribution in [2.45, 2.75) is 46.7 Å². The van der Waals surface area contributed by atoms with Gasteiger partial charge in [-0.15, -0.1) is 36.2 Å². The van der Waals surface area contributed by atoms with Gasteiger partial charge in [-0.1, -0.05) is 0 Å². The second-order valence-electron chi connectivity index (χ2n) is 7.85. The SMILES string of the molecule is Cc1cc(-c2cc(C(=O)N3CCNC[C@H]3C)c3cnn(C(C)C)c3n2)c(C)s1.Cl.Cl. The van der Waals surface area contributed by atoms with Crippen LogP contribution in [0, 0.1) is 13.8 Å². The number of nitrogens with zero attached hydrogens (tertiary/aromatic N) is 4. The summed E-state index contributed by atoms with van der Waals surface area (Å²) in [5.41, 5.74) is 3.43. The van der Waals surface area contributed by atoms with E-state index in [9.17, 15) is 4.79 Å². The van der Waals surface area contributed by atoms with Crippen LogP contribution in [0.15, 0.2) is 18.3 Å². The van der Waals surface area contributed by atoms with Gasteiger partial charge in [0.05, 0.1) is 22.8 Å². The number of nitrogens with one attached hydrogen (secondary N) is 1. The Hall–Kier alpha value is -1.67. The summed E-state index contributed by atoms with van der Waals surface area (Å²) < 4.78 is 1.91. The number of rotatable bonds is 3. The van der Waals surface area contributed by atoms with Gasteiger partial charge in [0.15, 0.2) is 5.65 Å². The van der Waals surface area contributed by atoms with Crippen LogP contribution >= 0.6 is 36.2 Å². The molecule has 4 rings (SSSR count). The molecule has 30 heavy (non-hydrogen) atoms. The molecule has 9 heteroatoms. The third-order valence-electron chi connectivity index (χ3n) is 5.37. The van der Waals surface area contributed by atoms with E-state index in [4.69, 9.17) is 4.98 Å². The number of fused-ring (bicyclic) bond motifs is 1. The summed E-state index contributed by atoms with van der Waals surface area (Å²) in [4.78, 5) is 22.9. The maximum atomic E-state index is 13.5. The Morgan fingerprint density at radius 1 is 1.27 bits per heavy atom. The lowest BCUT2D eigenvalue weighted by Crippen LogP contribution is -2.52. The van der Waals surface area contributed by atoms with Gasteiger partial charge >= 0.3 is 0 Å². The molecule has 1 atom stereocenters. The first-order chi connectivity index (χ1) is 13.4. The molecule has 1 aliphatic rings. The van der Waals surface area contributed by atoms with Crippen molar-refractivity contribution in [3.63, 3.8) is 0 Å². The molecule has 0 saturated carbocycles. The zero-order chi connectivity index (χ0) is 20.0. The lowest BCUT2D eigenvalue weighted by atomic mass is 10.0. The molecule has 1 amide bonds. The maximum Gasteiger partial charge on any atom is 0.255 e. The normalized spacial score (nSPS) is 16.5. The third-order valence-corrected chi connectivity index (χ3v) is 6.33. The maximum absolute atomic E-state index is 13.5. The van der Waals surface area contributed by atoms with Gasteiger partial charge in [0.2, 0.25) is 0 Å². The fourth-order valence-electron chi connectivity index (χ4n) is 3.89. The van der Waals surface area contributed by atoms with E-state index in [0.29, 0.717) is 12.1 Å². The molecule has 0 aliphatic carbocycles. The molecular weight excluding hydrogens is 441 g/mol. The monoisotopic (exact) mass is 469 g/mol. The summed E-state index contributed by atoms with van der Waals surface area (Å²) in [6, 6.07) is 4.46. The standard InChI is InChI=1S/C21H27N5OS.2ClH/c1-12(2)26-20-18(11-23-26)17(21(27)25-7-6-22-10-13(25)3)9-19(24-20)16-8-14(4)28-15(16)5;;/h8-9,11-13,22H,6-7,10H2,1-5H3;2*1H/t13-;;/m1../s1. The molecule has 6 nitrogen and oxygen atoms in total. The molecule has 0 bridgehead atoms. The molecule has 3 aromatic heterocycles. The van der Waals surface area contributed by atoms with Crippen LogP contribution < -0.4 is 5.32 Å². The van der Waals surface area contributed by atoms with E-state index in [2.05, 4.69) is 51.1 Å². The number of hydrogen-bond donors (Lipinski definition) is 1. The first-order valence-corrected chi connectivity index (χ1v) is 10.7. The fourth-order valence-corrected chi connectivity index (χ4v) is 4.83. The molecule has 0 aromatic carbocycles. The molecular formula is C21H29Cl2N5OS. The zero-order valence-corrected chi connectivity index (χ0v) is 20.4. The Morgan fingerprint density at radius 2 is 2.00 bits per heavy atom. The first-order valence-electron chi connectivity index (χ1n) is 9.84. The van der Waals surface area contributed by atoms with Crippen molar-refractivity contribution in [2.24, 2.45) is 0 Å². The van der Waals surface area contributed by atoms with Crippen LogP contribution in [0.25, 0.3) is 22.3 Å². The van der Waals surface area contributed by atoms with Crippen molar-refractivity contribution in [3.8, 4) is 11.3 Å². The van der Waals surface area contributed by atoms with E-state index in [1.54, 1.807) is 17.5 Å². The summed E-state index contributed by atoms with van der Waals surface area (Å²) in [6.45, 7) is 12.8. The number of carbonyl (C=O) groups is 1. The topological polar surface area (TPSA) is 63.1 Å². The highest BCUT2D eigenvalue weighted by atomic mass is 35.5. The number of thiophene rings is 1. The van der Waals surface area contributed by atoms with E-state index >= 15 is 0 Å². The minimum atomic E-state index is 0. The van der Waals surface area contributed by atoms with Crippen molar-refractivity contribution < 1.29 is 4.79 Å². The van der Waals surface area contributed by atoms with Crippen LogP contribution in [0.5, 0.6) is 0 Å². The molecule has 1 N–H and O–H groups in total. The van der Waals surface area contributed by atoms with Crippen molar-refractivity contribution in [2.75, 3.05) is 19.6 Å². The van der Waals surface area contributed by atoms with E-state index in [1.807, 2.05) is 15.6 Å². The third kappa shape index (κ3) is 4.35. The summed E-state index contributed by atoms with van der Waals surface area (Å²) in [7, 11) is 0. The Kier molecular flexibility index (Phi) is 7.91. The number of aromatic nitrogens is 3. The van der Waals surface area contributed by atoms with Gasteiger partial charge in [-0.3, -0.25) is 4.79 Å². The highest BCUT2D eigenvalue weighted by Gasteiger charge is 2.27. The number of carbonyl (C=O) groups excluding carboxylic acids is 1. The molecule has 164 valence electrons. The average Bonchev–Trinajstić information content (AvgIpc) is 3.23. The Bertz CT molecular complexity index is 1050. The highest BCUT2D eigenvalue weighted by molar-refractivity contribution is 7.12. The van der Waals surface area contributed by atoms with Gasteiger partial charge in [0, 0.05) is 47.0 Å². The van der Waals surface area contributed by atoms with Crippen LogP contribution in [0.4, 0.5) is 0 Å². The Balaban J connectivity index is 0.00000160.